The number of ketones is 1. The smallest absolute Gasteiger partial charge is 0.226 e. The van der Waals surface area contributed by atoms with Crippen LogP contribution in [0.1, 0.15) is 36.4 Å². The number of carbonyl (C=O) groups is 1. The Hall–Kier alpha value is -2.93. The normalized spacial score (nSPS) is 11.9. The summed E-state index contributed by atoms with van der Waals surface area (Å²) < 4.78 is 29.6. The molecular weight excluding hydrogens is 426 g/mol. The maximum absolute atomic E-state index is 12.7. The third kappa shape index (κ3) is 6.29. The van der Waals surface area contributed by atoms with E-state index in [0.717, 1.165) is 16.7 Å². The van der Waals surface area contributed by atoms with Crippen molar-refractivity contribution in [1.29, 1.82) is 0 Å². The van der Waals surface area contributed by atoms with Crippen LogP contribution in [0.15, 0.2) is 46.9 Å². The Balaban J connectivity index is 1.65. The van der Waals surface area contributed by atoms with Gasteiger partial charge in [-0.3, -0.25) is 9.00 Å². The summed E-state index contributed by atoms with van der Waals surface area (Å²) in [6, 6.07) is 13.3. The molecule has 0 aliphatic heterocycles. The average Bonchev–Trinajstić information content (AvgIpc) is 3.10. The third-order valence-electron chi connectivity index (χ3n) is 4.84. The van der Waals surface area contributed by atoms with Crippen LogP contribution in [0.3, 0.4) is 0 Å². The lowest BCUT2D eigenvalue weighted by Gasteiger charge is -2.12. The third-order valence-corrected chi connectivity index (χ3v) is 6.08. The first-order valence-corrected chi connectivity index (χ1v) is 12.2. The van der Waals surface area contributed by atoms with E-state index in [1.54, 1.807) is 13.0 Å². The van der Waals surface area contributed by atoms with Gasteiger partial charge in [-0.05, 0) is 58.0 Å². The van der Waals surface area contributed by atoms with Crippen LogP contribution < -0.4 is 9.47 Å². The highest BCUT2D eigenvalue weighted by Gasteiger charge is 2.18. The van der Waals surface area contributed by atoms with E-state index in [-0.39, 0.29) is 23.7 Å². The molecule has 7 heteroatoms. The molecule has 0 saturated carbocycles. The number of hydrogen-bond donors (Lipinski definition) is 0. The van der Waals surface area contributed by atoms with Gasteiger partial charge in [-0.2, -0.15) is 0 Å². The minimum atomic E-state index is -1.39. The Labute approximate surface area is 191 Å². The number of oxazole rings is 1. The van der Waals surface area contributed by atoms with E-state index in [2.05, 4.69) is 4.98 Å². The van der Waals surface area contributed by atoms with E-state index in [4.69, 9.17) is 13.9 Å². The molecule has 1 atom stereocenters. The molecule has 0 spiro atoms. The Bertz CT molecular complexity index is 1090. The van der Waals surface area contributed by atoms with Crippen LogP contribution >= 0.6 is 0 Å². The van der Waals surface area contributed by atoms with Gasteiger partial charge in [-0.1, -0.05) is 17.7 Å². The molecule has 1 aromatic heterocycles. The van der Waals surface area contributed by atoms with Crippen molar-refractivity contribution in [3.05, 3.63) is 65.0 Å². The van der Waals surface area contributed by atoms with Gasteiger partial charge in [0.25, 0.3) is 0 Å². The van der Waals surface area contributed by atoms with Gasteiger partial charge in [0.15, 0.2) is 0 Å². The van der Waals surface area contributed by atoms with E-state index in [1.807, 2.05) is 57.2 Å². The zero-order valence-corrected chi connectivity index (χ0v) is 19.8. The molecule has 1 unspecified atom stereocenters. The molecule has 170 valence electrons. The summed E-state index contributed by atoms with van der Waals surface area (Å²) in [6.45, 7) is 8.64. The maximum atomic E-state index is 12.7. The highest BCUT2D eigenvalue weighted by Crippen LogP contribution is 2.26. The van der Waals surface area contributed by atoms with Gasteiger partial charge in [0, 0.05) is 28.3 Å². The number of nitrogens with zero attached hydrogens (tertiary/aromatic N) is 1. The van der Waals surface area contributed by atoms with Gasteiger partial charge in [-0.15, -0.1) is 0 Å². The lowest BCUT2D eigenvalue weighted by molar-refractivity contribution is -0.116. The summed E-state index contributed by atoms with van der Waals surface area (Å²) in [4.78, 5) is 17.2. The number of ether oxygens (including phenoxy) is 2. The molecule has 3 rings (SSSR count). The van der Waals surface area contributed by atoms with E-state index < -0.39 is 10.8 Å². The summed E-state index contributed by atoms with van der Waals surface area (Å²) in [5, 5.41) is 0. The van der Waals surface area contributed by atoms with Crippen LogP contribution in [-0.4, -0.2) is 33.9 Å². The Morgan fingerprint density at radius 1 is 1.03 bits per heavy atom. The molecule has 0 radical (unpaired) electrons. The molecule has 1 heterocycles. The molecule has 0 amide bonds. The van der Waals surface area contributed by atoms with Gasteiger partial charge in [0.05, 0.1) is 30.4 Å². The van der Waals surface area contributed by atoms with Crippen molar-refractivity contribution >= 4 is 16.6 Å². The lowest BCUT2D eigenvalue weighted by Crippen LogP contribution is -2.15. The zero-order valence-electron chi connectivity index (χ0n) is 19.0. The number of rotatable bonds is 11. The zero-order chi connectivity index (χ0) is 23.1. The van der Waals surface area contributed by atoms with E-state index >= 15 is 0 Å². The highest BCUT2D eigenvalue weighted by atomic mass is 32.2. The quantitative estimate of drug-likeness (QED) is 0.413. The number of aromatic nitrogens is 1. The number of carbonyl (C=O) groups excluding carboxylic acids is 1. The summed E-state index contributed by atoms with van der Waals surface area (Å²) in [5.41, 5.74) is 3.36. The van der Waals surface area contributed by atoms with Crippen molar-refractivity contribution in [3.8, 4) is 23.0 Å². The molecule has 0 fully saturated rings. The van der Waals surface area contributed by atoms with Crippen LogP contribution in [0.2, 0.25) is 0 Å². The van der Waals surface area contributed by atoms with Crippen molar-refractivity contribution in [1.82, 2.24) is 4.98 Å². The summed E-state index contributed by atoms with van der Waals surface area (Å²) in [5.74, 6) is 2.42. The van der Waals surface area contributed by atoms with E-state index in [1.165, 1.54) is 0 Å². The minimum absolute atomic E-state index is 0.0589. The fraction of sp³-hybridized carbons (Fsp3) is 0.360. The molecule has 0 saturated heterocycles. The molecule has 0 aliphatic rings. The number of benzene rings is 2. The van der Waals surface area contributed by atoms with Gasteiger partial charge < -0.3 is 13.9 Å². The van der Waals surface area contributed by atoms with E-state index in [0.29, 0.717) is 42.1 Å². The minimum Gasteiger partial charge on any atom is -0.494 e. The molecule has 3 aromatic rings. The second-order valence-corrected chi connectivity index (χ2v) is 8.92. The largest absolute Gasteiger partial charge is 0.494 e. The first-order valence-electron chi connectivity index (χ1n) is 10.7. The van der Waals surface area contributed by atoms with Crippen molar-refractivity contribution < 1.29 is 22.9 Å². The number of aryl methyl sites for hydroxylation is 2. The monoisotopic (exact) mass is 455 g/mol. The fourth-order valence-corrected chi connectivity index (χ4v) is 4.41. The molecule has 32 heavy (non-hydrogen) atoms. The second kappa shape index (κ2) is 11.1. The first kappa shape index (κ1) is 23.7. The predicted octanol–water partition coefficient (Wildman–Crippen LogP) is 4.82. The topological polar surface area (TPSA) is 78.6 Å². The van der Waals surface area contributed by atoms with E-state index in [9.17, 15) is 9.00 Å². The molecule has 6 nitrogen and oxygen atoms in total. The molecule has 0 aliphatic carbocycles. The van der Waals surface area contributed by atoms with Gasteiger partial charge >= 0.3 is 0 Å². The van der Waals surface area contributed by atoms with Crippen LogP contribution in [0, 0.1) is 13.8 Å². The maximum Gasteiger partial charge on any atom is 0.226 e. The Morgan fingerprint density at radius 2 is 1.75 bits per heavy atom. The average molecular weight is 456 g/mol. The summed E-state index contributed by atoms with van der Waals surface area (Å²) in [7, 11) is -1.39. The summed E-state index contributed by atoms with van der Waals surface area (Å²) in [6.07, 6.45) is 0.133. The standard InChI is InChI=1S/C25H29NO5S/c1-5-29-22-11-12-24(30-6-2)20(14-22)13-21(27)15-32(28)16-23-18(4)31-25(26-23)19-9-7-17(3)8-10-19/h7-12,14H,5-6,13,15-16H2,1-4H3. The first-order chi connectivity index (χ1) is 15.4. The Kier molecular flexibility index (Phi) is 8.22. The Morgan fingerprint density at radius 3 is 2.44 bits per heavy atom. The highest BCUT2D eigenvalue weighted by molar-refractivity contribution is 7.84. The molecule has 2 aromatic carbocycles. The van der Waals surface area contributed by atoms with Gasteiger partial charge in [-0.25, -0.2) is 4.98 Å². The predicted molar refractivity (Wildman–Crippen MR) is 126 cm³/mol. The van der Waals surface area contributed by atoms with Gasteiger partial charge in [0.2, 0.25) is 5.89 Å². The molecule has 0 bridgehead atoms. The number of hydrogen-bond acceptors (Lipinski definition) is 6. The van der Waals surface area contributed by atoms with Crippen LogP contribution in [0.5, 0.6) is 11.5 Å². The van der Waals surface area contributed by atoms with Crippen molar-refractivity contribution in [2.75, 3.05) is 19.0 Å². The van der Waals surface area contributed by atoms with Crippen LogP contribution in [0.25, 0.3) is 11.5 Å². The van der Waals surface area contributed by atoms with Crippen LogP contribution in [0.4, 0.5) is 0 Å². The SMILES string of the molecule is CCOc1ccc(OCC)c(CC(=O)CS(=O)Cc2nc(-c3ccc(C)cc3)oc2C)c1. The van der Waals surface area contributed by atoms with Crippen molar-refractivity contribution in [3.63, 3.8) is 0 Å². The summed E-state index contributed by atoms with van der Waals surface area (Å²) >= 11 is 0. The van der Waals surface area contributed by atoms with Crippen LogP contribution in [-0.2, 0) is 27.8 Å². The molecule has 0 N–H and O–H groups in total. The lowest BCUT2D eigenvalue weighted by atomic mass is 10.1. The second-order valence-electron chi connectivity index (χ2n) is 7.47. The van der Waals surface area contributed by atoms with Crippen molar-refractivity contribution in [2.24, 2.45) is 0 Å². The molecular formula is C25H29NO5S. The van der Waals surface area contributed by atoms with Crippen molar-refractivity contribution in [2.45, 2.75) is 39.9 Å². The van der Waals surface area contributed by atoms with Gasteiger partial charge in [0.1, 0.15) is 23.0 Å². The number of Topliss-reactive ketones (excluding diaryl/α,β-unsaturated/α-hetero) is 1. The fourth-order valence-electron chi connectivity index (χ4n) is 3.27.